The van der Waals surface area contributed by atoms with Crippen LogP contribution in [0.3, 0.4) is 0 Å². The van der Waals surface area contributed by atoms with E-state index in [1.165, 1.54) is 16.1 Å². The van der Waals surface area contributed by atoms with Crippen LogP contribution in [0.2, 0.25) is 0 Å². The molecule has 0 saturated carbocycles. The lowest BCUT2D eigenvalue weighted by atomic mass is 10.2. The van der Waals surface area contributed by atoms with E-state index in [-0.39, 0.29) is 16.0 Å². The molecule has 1 aliphatic heterocycles. The van der Waals surface area contributed by atoms with E-state index in [2.05, 4.69) is 21.2 Å². The van der Waals surface area contributed by atoms with Gasteiger partial charge in [-0.1, -0.05) is 30.0 Å². The van der Waals surface area contributed by atoms with Crippen molar-refractivity contribution in [1.82, 2.24) is 19.5 Å². The summed E-state index contributed by atoms with van der Waals surface area (Å²) in [5, 5.41) is 9.70. The Balaban J connectivity index is 1.34. The smallest absolute Gasteiger partial charge is 0.277 e. The van der Waals surface area contributed by atoms with Gasteiger partial charge in [-0.05, 0) is 37.3 Å². The molecule has 166 valence electrons. The number of hydrogen-bond acceptors (Lipinski definition) is 9. The first kappa shape index (κ1) is 21.5. The number of para-hydroxylation sites is 1. The Morgan fingerprint density at radius 2 is 1.91 bits per heavy atom. The number of thiazole rings is 1. The van der Waals surface area contributed by atoms with Gasteiger partial charge in [0.05, 0.1) is 33.6 Å². The molecule has 8 nitrogen and oxygen atoms in total. The maximum absolute atomic E-state index is 12.9. The maximum Gasteiger partial charge on any atom is 0.277 e. The summed E-state index contributed by atoms with van der Waals surface area (Å²) < 4.78 is 39.6. The van der Waals surface area contributed by atoms with Gasteiger partial charge in [-0.3, -0.25) is 0 Å². The second-order valence-corrected chi connectivity index (χ2v) is 11.5. The molecule has 0 spiro atoms. The van der Waals surface area contributed by atoms with Gasteiger partial charge in [-0.2, -0.15) is 4.31 Å². The van der Waals surface area contributed by atoms with E-state index in [1.54, 1.807) is 35.6 Å². The summed E-state index contributed by atoms with van der Waals surface area (Å²) in [6, 6.07) is 14.6. The Hall–Kier alpha value is -2.31. The molecule has 0 radical (unpaired) electrons. The van der Waals surface area contributed by atoms with Crippen molar-refractivity contribution in [3.63, 3.8) is 0 Å². The van der Waals surface area contributed by atoms with Gasteiger partial charge in [0, 0.05) is 18.7 Å². The number of morpholine rings is 1. The molecule has 1 unspecified atom stereocenters. The number of benzene rings is 2. The van der Waals surface area contributed by atoms with Gasteiger partial charge in [0.1, 0.15) is 5.01 Å². The van der Waals surface area contributed by atoms with E-state index in [0.717, 1.165) is 15.2 Å². The zero-order valence-electron chi connectivity index (χ0n) is 17.2. The zero-order valence-corrected chi connectivity index (χ0v) is 19.6. The summed E-state index contributed by atoms with van der Waals surface area (Å²) in [6.45, 7) is 3.53. The fraction of sp³-hybridized carbons (Fsp3) is 0.286. The van der Waals surface area contributed by atoms with E-state index in [0.29, 0.717) is 37.1 Å². The van der Waals surface area contributed by atoms with Crippen LogP contribution in [0.5, 0.6) is 0 Å². The average Bonchev–Trinajstić information content (AvgIpc) is 3.47. The predicted molar refractivity (Wildman–Crippen MR) is 123 cm³/mol. The Bertz CT molecular complexity index is 1310. The summed E-state index contributed by atoms with van der Waals surface area (Å²) in [5.41, 5.74) is 1.54. The molecule has 1 saturated heterocycles. The highest BCUT2D eigenvalue weighted by Crippen LogP contribution is 2.38. The van der Waals surface area contributed by atoms with Gasteiger partial charge >= 0.3 is 0 Å². The van der Waals surface area contributed by atoms with Crippen LogP contribution in [0, 0.1) is 0 Å². The fourth-order valence-electron chi connectivity index (χ4n) is 3.37. The lowest BCUT2D eigenvalue weighted by molar-refractivity contribution is 0.0730. The van der Waals surface area contributed by atoms with Crippen molar-refractivity contribution in [3.8, 4) is 11.5 Å². The highest BCUT2D eigenvalue weighted by molar-refractivity contribution is 7.99. The van der Waals surface area contributed by atoms with Crippen molar-refractivity contribution in [1.29, 1.82) is 0 Å². The topological polar surface area (TPSA) is 98.4 Å². The number of aromatic nitrogens is 3. The molecule has 11 heteroatoms. The van der Waals surface area contributed by atoms with Crippen LogP contribution in [0.25, 0.3) is 21.7 Å². The third-order valence-electron chi connectivity index (χ3n) is 5.03. The summed E-state index contributed by atoms with van der Waals surface area (Å²) in [6.07, 6.45) is 0. The van der Waals surface area contributed by atoms with E-state index in [9.17, 15) is 8.42 Å². The fourth-order valence-corrected chi connectivity index (χ4v) is 6.68. The second kappa shape index (κ2) is 8.91. The predicted octanol–water partition coefficient (Wildman–Crippen LogP) is 4.22. The van der Waals surface area contributed by atoms with Crippen molar-refractivity contribution in [3.05, 3.63) is 53.5 Å². The number of fused-ring (bicyclic) bond motifs is 1. The number of rotatable bonds is 6. The van der Waals surface area contributed by atoms with Crippen LogP contribution < -0.4 is 0 Å². The molecule has 0 aliphatic carbocycles. The molecular weight excluding hydrogens is 468 g/mol. The average molecular weight is 489 g/mol. The quantitative estimate of drug-likeness (QED) is 0.372. The summed E-state index contributed by atoms with van der Waals surface area (Å²) in [4.78, 5) is 4.89. The van der Waals surface area contributed by atoms with Crippen molar-refractivity contribution >= 4 is 43.3 Å². The van der Waals surface area contributed by atoms with Gasteiger partial charge < -0.3 is 9.15 Å². The molecule has 2 aromatic heterocycles. The number of nitrogens with zero attached hydrogens (tertiary/aromatic N) is 4. The number of hydrogen-bond donors (Lipinski definition) is 0. The van der Waals surface area contributed by atoms with Gasteiger partial charge in [-0.25, -0.2) is 13.4 Å². The molecule has 0 bridgehead atoms. The largest absolute Gasteiger partial charge is 0.411 e. The van der Waals surface area contributed by atoms with Crippen LogP contribution in [-0.4, -0.2) is 54.2 Å². The molecule has 0 amide bonds. The monoisotopic (exact) mass is 488 g/mol. The van der Waals surface area contributed by atoms with Gasteiger partial charge in [0.15, 0.2) is 0 Å². The molecule has 5 rings (SSSR count). The van der Waals surface area contributed by atoms with Crippen molar-refractivity contribution in [2.24, 2.45) is 0 Å². The summed E-state index contributed by atoms with van der Waals surface area (Å²) in [5.74, 6) is 0.281. The molecule has 4 aromatic rings. The second-order valence-electron chi connectivity index (χ2n) is 7.20. The van der Waals surface area contributed by atoms with E-state index < -0.39 is 10.0 Å². The zero-order chi connectivity index (χ0) is 22.1. The van der Waals surface area contributed by atoms with Gasteiger partial charge in [0.2, 0.25) is 15.9 Å². The van der Waals surface area contributed by atoms with E-state index in [4.69, 9.17) is 9.15 Å². The molecule has 1 atom stereocenters. The molecule has 32 heavy (non-hydrogen) atoms. The minimum atomic E-state index is -3.60. The third-order valence-corrected chi connectivity index (χ3v) is 9.24. The van der Waals surface area contributed by atoms with Crippen LogP contribution >= 0.6 is 23.1 Å². The lowest BCUT2D eigenvalue weighted by Crippen LogP contribution is -2.40. The standard InChI is InChI=1S/C21H20N4O4S3/c1-14(20-22-17-7-2-3-8-18(17)31-20)30-21-24-23-19(29-21)15-5-4-6-16(13-15)32(26,27)25-9-11-28-12-10-25/h2-8,13-14H,9-12H2,1H3. The lowest BCUT2D eigenvalue weighted by Gasteiger charge is -2.26. The van der Waals surface area contributed by atoms with Crippen LogP contribution in [-0.2, 0) is 14.8 Å². The van der Waals surface area contributed by atoms with Gasteiger partial charge in [0.25, 0.3) is 5.22 Å². The number of ether oxygens (including phenoxy) is 1. The molecule has 1 aliphatic rings. The van der Waals surface area contributed by atoms with Crippen LogP contribution in [0.15, 0.2) is 63.1 Å². The number of sulfonamides is 1. The first-order valence-corrected chi connectivity index (χ1v) is 13.2. The van der Waals surface area contributed by atoms with Crippen LogP contribution in [0.4, 0.5) is 0 Å². The van der Waals surface area contributed by atoms with Crippen molar-refractivity contribution < 1.29 is 17.6 Å². The van der Waals surface area contributed by atoms with Gasteiger partial charge in [-0.15, -0.1) is 21.5 Å². The van der Waals surface area contributed by atoms with Crippen molar-refractivity contribution in [2.45, 2.75) is 22.3 Å². The normalized spacial score (nSPS) is 16.4. The minimum absolute atomic E-state index is 0.0359. The number of thioether (sulfide) groups is 1. The Morgan fingerprint density at radius 1 is 1.09 bits per heavy atom. The first-order valence-electron chi connectivity index (χ1n) is 10.0. The SMILES string of the molecule is CC(Sc1nnc(-c2cccc(S(=O)(=O)N3CCOCC3)c2)o1)c1nc2ccccc2s1. The first-order chi connectivity index (χ1) is 15.5. The Labute approximate surface area is 193 Å². The molecule has 3 heterocycles. The molecular formula is C21H20N4O4S3. The highest BCUT2D eigenvalue weighted by atomic mass is 32.2. The molecule has 1 fully saturated rings. The van der Waals surface area contributed by atoms with Crippen molar-refractivity contribution in [2.75, 3.05) is 26.3 Å². The minimum Gasteiger partial charge on any atom is -0.411 e. The summed E-state index contributed by atoms with van der Waals surface area (Å²) in [7, 11) is -3.60. The van der Waals surface area contributed by atoms with E-state index >= 15 is 0 Å². The summed E-state index contributed by atoms with van der Waals surface area (Å²) >= 11 is 3.07. The third kappa shape index (κ3) is 4.30. The molecule has 0 N–H and O–H groups in total. The van der Waals surface area contributed by atoms with Crippen LogP contribution in [0.1, 0.15) is 17.2 Å². The highest BCUT2D eigenvalue weighted by Gasteiger charge is 2.27. The molecule has 2 aromatic carbocycles. The Kier molecular flexibility index (Phi) is 5.99. The van der Waals surface area contributed by atoms with E-state index in [1.807, 2.05) is 25.1 Å². The Morgan fingerprint density at radius 3 is 2.72 bits per heavy atom. The maximum atomic E-state index is 12.9.